The average Bonchev–Trinajstić information content (AvgIpc) is 3.01. The maximum absolute atomic E-state index is 15.1. The largest absolute Gasteiger partial charge is 0.444 e. The van der Waals surface area contributed by atoms with E-state index in [2.05, 4.69) is 10.3 Å². The Morgan fingerprint density at radius 1 is 1.08 bits per heavy atom. The Balaban J connectivity index is 1.69. The van der Waals surface area contributed by atoms with Crippen molar-refractivity contribution < 1.29 is 41.5 Å². The quantitative estimate of drug-likeness (QED) is 0.337. The van der Waals surface area contributed by atoms with E-state index in [4.69, 9.17) is 4.74 Å². The van der Waals surface area contributed by atoms with Crippen LogP contribution in [0.3, 0.4) is 0 Å². The monoisotopic (exact) mass is 694 g/mol. The van der Waals surface area contributed by atoms with Gasteiger partial charge in [0.15, 0.2) is 0 Å². The number of benzene rings is 2. The van der Waals surface area contributed by atoms with Crippen LogP contribution in [0.1, 0.15) is 56.3 Å². The molecule has 1 aliphatic heterocycles. The fourth-order valence-electron chi connectivity index (χ4n) is 5.91. The number of hydrogen-bond acceptors (Lipinski definition) is 7. The third-order valence-electron chi connectivity index (χ3n) is 8.15. The second kappa shape index (κ2) is 13.8. The summed E-state index contributed by atoms with van der Waals surface area (Å²) in [6.07, 6.45) is -1.01. The number of pyridine rings is 1. The lowest BCUT2D eigenvalue weighted by Crippen LogP contribution is -2.65. The van der Waals surface area contributed by atoms with Crippen molar-refractivity contribution in [3.8, 4) is 6.07 Å². The lowest BCUT2D eigenvalue weighted by molar-refractivity contribution is -0.133. The molecule has 1 aliphatic carbocycles. The Bertz CT molecular complexity index is 1850. The van der Waals surface area contributed by atoms with Crippen LogP contribution < -0.4 is 15.1 Å². The zero-order valence-corrected chi connectivity index (χ0v) is 27.6. The molecule has 2 aliphatic rings. The number of nitrogens with zero attached hydrogens (tertiary/aromatic N) is 5. The third kappa shape index (κ3) is 7.85. The van der Waals surface area contributed by atoms with Gasteiger partial charge in [-0.3, -0.25) is 29.1 Å². The molecule has 2 heterocycles. The van der Waals surface area contributed by atoms with E-state index in [1.165, 1.54) is 24.4 Å². The highest BCUT2D eigenvalue weighted by atomic mass is 19.3. The number of aryl methyl sites for hydroxylation is 1. The summed E-state index contributed by atoms with van der Waals surface area (Å²) in [7, 11) is 0. The molecule has 1 saturated heterocycles. The number of halogens is 4. The molecule has 50 heavy (non-hydrogen) atoms. The highest BCUT2D eigenvalue weighted by Crippen LogP contribution is 2.39. The van der Waals surface area contributed by atoms with Crippen molar-refractivity contribution in [2.45, 2.75) is 70.2 Å². The van der Waals surface area contributed by atoms with Gasteiger partial charge in [0.2, 0.25) is 11.8 Å². The van der Waals surface area contributed by atoms with Crippen LogP contribution >= 0.6 is 0 Å². The number of nitriles is 1. The fourth-order valence-corrected chi connectivity index (χ4v) is 5.91. The van der Waals surface area contributed by atoms with Gasteiger partial charge >= 0.3 is 6.09 Å². The summed E-state index contributed by atoms with van der Waals surface area (Å²) in [6, 6.07) is 8.71. The second-order valence-electron chi connectivity index (χ2n) is 13.2. The number of anilines is 2. The molecular weight excluding hydrogens is 660 g/mol. The molecule has 2 aromatic carbocycles. The molecule has 262 valence electrons. The zero-order chi connectivity index (χ0) is 36.5. The van der Waals surface area contributed by atoms with Gasteiger partial charge in [-0.2, -0.15) is 5.26 Å². The first-order valence-corrected chi connectivity index (χ1v) is 15.7. The Kier molecular flexibility index (Phi) is 9.85. The van der Waals surface area contributed by atoms with E-state index in [1.54, 1.807) is 45.9 Å². The van der Waals surface area contributed by atoms with Gasteiger partial charge in [0.25, 0.3) is 11.8 Å². The Labute approximate surface area is 285 Å². The molecule has 4 amide bonds. The van der Waals surface area contributed by atoms with E-state index >= 15 is 4.79 Å². The Morgan fingerprint density at radius 2 is 1.74 bits per heavy atom. The molecule has 3 aromatic rings. The van der Waals surface area contributed by atoms with Gasteiger partial charge in [-0.05, 0) is 63.1 Å². The molecule has 0 spiro atoms. The third-order valence-corrected chi connectivity index (χ3v) is 8.15. The van der Waals surface area contributed by atoms with Crippen LogP contribution in [0.5, 0.6) is 0 Å². The maximum Gasteiger partial charge on any atom is 0.410 e. The van der Waals surface area contributed by atoms with Gasteiger partial charge in [-0.25, -0.2) is 27.3 Å². The lowest BCUT2D eigenvalue weighted by Gasteiger charge is -2.43. The number of carbonyl (C=O) groups excluding carboxylic acids is 4. The van der Waals surface area contributed by atoms with Gasteiger partial charge in [0, 0.05) is 31.1 Å². The summed E-state index contributed by atoms with van der Waals surface area (Å²) < 4.78 is 62.8. The van der Waals surface area contributed by atoms with Crippen molar-refractivity contribution in [2.24, 2.45) is 0 Å². The molecule has 1 aromatic heterocycles. The highest BCUT2D eigenvalue weighted by Gasteiger charge is 2.49. The zero-order valence-electron chi connectivity index (χ0n) is 27.6. The van der Waals surface area contributed by atoms with E-state index in [9.17, 15) is 37.2 Å². The number of rotatable bonds is 7. The number of aromatic nitrogens is 1. The molecule has 1 saturated carbocycles. The first-order chi connectivity index (χ1) is 23.5. The van der Waals surface area contributed by atoms with Gasteiger partial charge < -0.3 is 10.1 Å². The molecule has 2 fully saturated rings. The van der Waals surface area contributed by atoms with E-state index in [-0.39, 0.29) is 16.9 Å². The minimum absolute atomic E-state index is 0.0853. The topological polar surface area (TPSA) is 136 Å². The molecular formula is C35H34F4N6O5. The molecule has 1 N–H and O–H groups in total. The number of ether oxygens (including phenoxy) is 1. The first-order valence-electron chi connectivity index (χ1n) is 15.7. The van der Waals surface area contributed by atoms with E-state index in [1.807, 2.05) is 6.07 Å². The summed E-state index contributed by atoms with van der Waals surface area (Å²) in [5, 5.41) is 12.1. The summed E-state index contributed by atoms with van der Waals surface area (Å²) in [4.78, 5) is 63.2. The Hall–Kier alpha value is -5.52. The van der Waals surface area contributed by atoms with Crippen LogP contribution in [-0.2, 0) is 19.1 Å². The van der Waals surface area contributed by atoms with Crippen LogP contribution in [0.25, 0.3) is 0 Å². The van der Waals surface area contributed by atoms with Crippen LogP contribution in [0, 0.1) is 29.9 Å². The second-order valence-corrected chi connectivity index (χ2v) is 13.2. The summed E-state index contributed by atoms with van der Waals surface area (Å²) >= 11 is 0. The normalized spacial score (nSPS) is 18.1. The molecule has 11 nitrogen and oxygen atoms in total. The summed E-state index contributed by atoms with van der Waals surface area (Å²) in [5.74, 6) is -8.18. The number of hydrogen-bond donors (Lipinski definition) is 1. The summed E-state index contributed by atoms with van der Waals surface area (Å²) in [6.45, 7) is 5.35. The number of piperazine rings is 1. The van der Waals surface area contributed by atoms with Crippen LogP contribution in [0.15, 0.2) is 60.8 Å². The molecule has 2 atom stereocenters. The van der Waals surface area contributed by atoms with E-state index in [0.717, 1.165) is 26.8 Å². The van der Waals surface area contributed by atoms with Crippen molar-refractivity contribution in [1.82, 2.24) is 15.2 Å². The lowest BCUT2D eigenvalue weighted by atomic mass is 9.87. The number of nitrogens with one attached hydrogen (secondary N) is 1. The van der Waals surface area contributed by atoms with Gasteiger partial charge in [-0.1, -0.05) is 24.3 Å². The predicted molar refractivity (Wildman–Crippen MR) is 172 cm³/mol. The van der Waals surface area contributed by atoms with Crippen LogP contribution in [0.4, 0.5) is 33.9 Å². The highest BCUT2D eigenvalue weighted by molar-refractivity contribution is 6.10. The standard InChI is InChI=1S/C35H34F4N6O5/c1-20-7-5-6-8-26(20)30(31(47)42-24-15-35(38,39)16-24)44(25-13-22(36)12-23(37)14-25)32(48)27-18-43(33(49)50-34(2,3)4)19-29(46)45(27)28-11-21(17-40)9-10-41-28/h5-14,24,27,30H,15-16,18-19H2,1-4H3,(H,42,47). The molecule has 0 radical (unpaired) electrons. The van der Waals surface area contributed by atoms with Crippen molar-refractivity contribution in [2.75, 3.05) is 22.9 Å². The van der Waals surface area contributed by atoms with Crippen molar-refractivity contribution >= 4 is 35.3 Å². The van der Waals surface area contributed by atoms with Crippen molar-refractivity contribution in [3.63, 3.8) is 0 Å². The van der Waals surface area contributed by atoms with Crippen LogP contribution in [-0.4, -0.2) is 70.4 Å². The molecule has 2 unspecified atom stereocenters. The van der Waals surface area contributed by atoms with Crippen molar-refractivity contribution in [1.29, 1.82) is 5.26 Å². The smallest absolute Gasteiger partial charge is 0.410 e. The van der Waals surface area contributed by atoms with Gasteiger partial charge in [-0.15, -0.1) is 0 Å². The maximum atomic E-state index is 15.1. The molecule has 0 bridgehead atoms. The minimum atomic E-state index is -3.00. The van der Waals surface area contributed by atoms with E-state index in [0.29, 0.717) is 11.6 Å². The summed E-state index contributed by atoms with van der Waals surface area (Å²) in [5.41, 5.74) is -0.679. The number of alkyl halides is 2. The first kappa shape index (κ1) is 35.8. The molecule has 5 rings (SSSR count). The van der Waals surface area contributed by atoms with Crippen molar-refractivity contribution in [3.05, 3.63) is 89.1 Å². The average molecular weight is 695 g/mol. The SMILES string of the molecule is Cc1ccccc1C(C(=O)NC1CC(F)(F)C1)N(C(=O)C1CN(C(=O)OC(C)(C)C)CC(=O)N1c1cc(C#N)ccn1)c1cc(F)cc(F)c1. The van der Waals surface area contributed by atoms with Gasteiger partial charge in [0.1, 0.15) is 41.7 Å². The predicted octanol–water partition coefficient (Wildman–Crippen LogP) is 5.18. The number of carbonyl (C=O) groups is 4. The fraction of sp³-hybridized carbons (Fsp3) is 0.371. The van der Waals surface area contributed by atoms with Gasteiger partial charge in [0.05, 0.1) is 23.9 Å². The number of amides is 4. The molecule has 15 heteroatoms. The Morgan fingerprint density at radius 3 is 2.34 bits per heavy atom. The minimum Gasteiger partial charge on any atom is -0.444 e. The van der Waals surface area contributed by atoms with Crippen LogP contribution in [0.2, 0.25) is 0 Å². The van der Waals surface area contributed by atoms with E-state index < -0.39 is 96.7 Å².